The molecule has 9 aromatic carbocycles. The summed E-state index contributed by atoms with van der Waals surface area (Å²) in [4.78, 5) is 41.1. The zero-order valence-electron chi connectivity index (χ0n) is 53.0. The number of carbonyl (C=O) groups excluding carboxylic acids is 3. The Hall–Kier alpha value is -10.2. The highest BCUT2D eigenvalue weighted by Crippen LogP contribution is 2.47. The Morgan fingerprint density at radius 3 is 1.28 bits per heavy atom. The number of allylic oxidation sites excluding steroid dienone is 6. The van der Waals surface area contributed by atoms with E-state index in [0.717, 1.165) is 139 Å². The third-order valence-electron chi connectivity index (χ3n) is 17.3. The molecule has 0 aliphatic heterocycles. The van der Waals surface area contributed by atoms with Gasteiger partial charge in [0, 0.05) is 39.0 Å². The molecule has 0 fully saturated rings. The Kier molecular flexibility index (Phi) is 20.3. The maximum absolute atomic E-state index is 14.1. The number of carbonyl (C=O) groups is 3. The van der Waals surface area contributed by atoms with Crippen LogP contribution in [0.2, 0.25) is 5.02 Å². The second kappa shape index (κ2) is 28.8. The normalized spacial score (nSPS) is 13.0. The number of ether oxygens (including phenoxy) is 6. The number of aryl methyl sites for hydroxylation is 5. The van der Waals surface area contributed by atoms with Crippen molar-refractivity contribution in [3.63, 3.8) is 0 Å². The number of benzene rings is 9. The van der Waals surface area contributed by atoms with E-state index in [2.05, 4.69) is 50.2 Å². The van der Waals surface area contributed by atoms with Gasteiger partial charge in [-0.25, -0.2) is 4.39 Å². The van der Waals surface area contributed by atoms with E-state index in [-0.39, 0.29) is 39.6 Å². The van der Waals surface area contributed by atoms with E-state index in [1.54, 1.807) is 84.1 Å². The molecular weight excluding hydrogens is 1180 g/mol. The molecule has 12 rings (SSSR count). The van der Waals surface area contributed by atoms with E-state index in [4.69, 9.17) is 40.0 Å². The fourth-order valence-electron chi connectivity index (χ4n) is 12.6. The van der Waals surface area contributed by atoms with Crippen molar-refractivity contribution in [2.24, 2.45) is 0 Å². The van der Waals surface area contributed by atoms with Gasteiger partial charge in [0.05, 0.1) is 47.7 Å². The Morgan fingerprint density at radius 1 is 0.413 bits per heavy atom. The fourth-order valence-corrected chi connectivity index (χ4v) is 13.0. The average Bonchev–Trinajstić information content (AvgIpc) is 0.976. The van der Waals surface area contributed by atoms with Crippen molar-refractivity contribution in [2.45, 2.75) is 65.7 Å². The number of Topliss-reactive ketones (excluding diaryl/α,β-unsaturated/α-hetero) is 3. The Morgan fingerprint density at radius 2 is 0.804 bits per heavy atom. The molecule has 0 saturated carbocycles. The Bertz CT molecular complexity index is 4390. The van der Waals surface area contributed by atoms with E-state index in [0.29, 0.717) is 46.4 Å². The standard InChI is InChI=1S/C27H26O4.C27H26O3.C25H20ClFO4/c1-4-17-15-21(30-2)10-13-23(17)25-12-7-19-16-22(31-3)11-14-24(19)26(25)27(29)18-5-8-20(28)9-6-18;1-17-9-15-22(18(2)27(17)30-4)24-16-12-19-7-5-6-8-23(19)25(24)26(28)20-10-13-21(29-3)14-11-20;1-30-17-8-10-18-15(13-17)5-9-19(20-11-12-21(27)25(31-2)23(20)26)22(18)24(29)14-3-6-16(28)7-4-14/h5-6,8-11,13-16,28H,4,7,12H2,1-3H3;5-11,13-15H,12,16H2,1-4H3;3-4,6-8,10-13,28H,5,9H2,1-2H3. The molecule has 0 heterocycles. The zero-order valence-corrected chi connectivity index (χ0v) is 53.8. The van der Waals surface area contributed by atoms with E-state index in [9.17, 15) is 29.0 Å². The summed E-state index contributed by atoms with van der Waals surface area (Å²) >= 11 is 6.50. The number of hydrogen-bond acceptors (Lipinski definition) is 11. The molecule has 0 saturated heterocycles. The summed E-state index contributed by atoms with van der Waals surface area (Å²) in [5.41, 5.74) is 18.6. The van der Waals surface area contributed by atoms with Crippen molar-refractivity contribution in [1.82, 2.24) is 0 Å². The van der Waals surface area contributed by atoms with Crippen molar-refractivity contribution < 1.29 is 57.4 Å². The topological polar surface area (TPSA) is 147 Å². The number of halogens is 2. The van der Waals surface area contributed by atoms with E-state index in [1.165, 1.54) is 30.9 Å². The average molecular weight is 1250 g/mol. The lowest BCUT2D eigenvalue weighted by atomic mass is 9.78. The van der Waals surface area contributed by atoms with Crippen LogP contribution in [0.5, 0.6) is 46.0 Å². The van der Waals surface area contributed by atoms with Crippen molar-refractivity contribution in [2.75, 3.05) is 42.7 Å². The third-order valence-corrected chi connectivity index (χ3v) is 17.7. The van der Waals surface area contributed by atoms with E-state index < -0.39 is 5.82 Å². The quantitative estimate of drug-likeness (QED) is 0.0891. The largest absolute Gasteiger partial charge is 0.508 e. The summed E-state index contributed by atoms with van der Waals surface area (Å²) in [6.07, 6.45) is 5.38. The molecular formula is C79H72ClFO11. The van der Waals surface area contributed by atoms with E-state index >= 15 is 0 Å². The number of aromatic hydroxyl groups is 2. The van der Waals surface area contributed by atoms with Gasteiger partial charge in [0.1, 0.15) is 40.2 Å². The second-order valence-electron chi connectivity index (χ2n) is 22.5. The molecule has 11 nitrogen and oxygen atoms in total. The van der Waals surface area contributed by atoms with Crippen LogP contribution in [-0.2, 0) is 25.7 Å². The van der Waals surface area contributed by atoms with Gasteiger partial charge in [-0.05, 0) is 258 Å². The van der Waals surface area contributed by atoms with Crippen LogP contribution in [0.1, 0.15) is 124 Å². The van der Waals surface area contributed by atoms with Crippen LogP contribution in [0.4, 0.5) is 4.39 Å². The van der Waals surface area contributed by atoms with Crippen LogP contribution in [0.3, 0.4) is 0 Å². The summed E-state index contributed by atoms with van der Waals surface area (Å²) in [5.74, 6) is 3.32. The van der Waals surface area contributed by atoms with Crippen LogP contribution in [0.15, 0.2) is 176 Å². The minimum absolute atomic E-state index is 0.0405. The first-order chi connectivity index (χ1) is 44.5. The van der Waals surface area contributed by atoms with Gasteiger partial charge >= 0.3 is 0 Å². The highest BCUT2D eigenvalue weighted by atomic mass is 35.5. The minimum Gasteiger partial charge on any atom is -0.508 e. The Labute approximate surface area is 541 Å². The summed E-state index contributed by atoms with van der Waals surface area (Å²) in [5, 5.41) is 19.4. The molecule has 468 valence electrons. The lowest BCUT2D eigenvalue weighted by molar-refractivity contribution is 0.104. The first kappa shape index (κ1) is 64.8. The van der Waals surface area contributed by atoms with Crippen molar-refractivity contribution in [3.8, 4) is 46.0 Å². The maximum atomic E-state index is 14.1. The number of rotatable bonds is 16. The van der Waals surface area contributed by atoms with E-state index in [1.807, 2.05) is 79.7 Å². The molecule has 0 atom stereocenters. The van der Waals surface area contributed by atoms with Crippen LogP contribution in [0, 0.1) is 19.7 Å². The molecule has 0 radical (unpaired) electrons. The molecule has 0 unspecified atom stereocenters. The first-order valence-corrected chi connectivity index (χ1v) is 30.7. The molecule has 3 aliphatic carbocycles. The lowest BCUT2D eigenvalue weighted by Crippen LogP contribution is -2.13. The molecule has 13 heteroatoms. The van der Waals surface area contributed by atoms with Gasteiger partial charge < -0.3 is 38.6 Å². The molecule has 9 aromatic rings. The molecule has 3 aliphatic rings. The highest BCUT2D eigenvalue weighted by molar-refractivity contribution is 6.39. The van der Waals surface area contributed by atoms with Gasteiger partial charge in [-0.15, -0.1) is 0 Å². The number of ketones is 3. The predicted molar refractivity (Wildman–Crippen MR) is 363 cm³/mol. The van der Waals surface area contributed by atoms with Crippen LogP contribution in [0.25, 0.3) is 33.4 Å². The SMILES string of the molecule is CCc1cc(OC)ccc1C1=C(C(=O)c2ccc(O)cc2)c2ccc(OC)cc2CC1.COc1ccc(C(=O)C2=C(c3ccc(C)c(OC)c3C)CCc3ccccc32)cc1.COc1ccc2c(c1)CCC(c1ccc(F)c(OC)c1Cl)=C2C(=O)c1ccc(O)cc1. The van der Waals surface area contributed by atoms with Crippen molar-refractivity contribution in [3.05, 3.63) is 270 Å². The molecule has 92 heavy (non-hydrogen) atoms. The fraction of sp³-hybridized carbons (Fsp3) is 0.203. The molecule has 2 N–H and O–H groups in total. The Balaban J connectivity index is 0.000000151. The molecule has 0 spiro atoms. The van der Waals surface area contributed by atoms with Crippen LogP contribution < -0.4 is 28.4 Å². The number of fused-ring (bicyclic) bond motifs is 3. The first-order valence-electron chi connectivity index (χ1n) is 30.4. The summed E-state index contributed by atoms with van der Waals surface area (Å²) in [7, 11) is 9.60. The number of hydrogen-bond donors (Lipinski definition) is 2. The summed E-state index contributed by atoms with van der Waals surface area (Å²) < 4.78 is 46.4. The van der Waals surface area contributed by atoms with Gasteiger partial charge in [-0.1, -0.05) is 73.1 Å². The predicted octanol–water partition coefficient (Wildman–Crippen LogP) is 17.7. The number of phenolic OH excluding ortho intramolecular Hbond substituents is 2. The smallest absolute Gasteiger partial charge is 0.193 e. The number of methoxy groups -OCH3 is 6. The minimum atomic E-state index is -0.566. The van der Waals surface area contributed by atoms with Crippen LogP contribution in [-0.4, -0.2) is 70.2 Å². The van der Waals surface area contributed by atoms with Gasteiger partial charge in [-0.2, -0.15) is 0 Å². The van der Waals surface area contributed by atoms with Crippen LogP contribution >= 0.6 is 11.6 Å². The monoisotopic (exact) mass is 1250 g/mol. The highest BCUT2D eigenvalue weighted by Gasteiger charge is 2.32. The second-order valence-corrected chi connectivity index (χ2v) is 22.9. The van der Waals surface area contributed by atoms with Crippen molar-refractivity contribution in [1.29, 1.82) is 0 Å². The summed E-state index contributed by atoms with van der Waals surface area (Å²) in [6, 6.07) is 52.7. The number of phenols is 2. The van der Waals surface area contributed by atoms with Crippen molar-refractivity contribution >= 4 is 62.4 Å². The lowest BCUT2D eigenvalue weighted by Gasteiger charge is -2.25. The maximum Gasteiger partial charge on any atom is 0.193 e. The van der Waals surface area contributed by atoms with Gasteiger partial charge in [-0.3, -0.25) is 14.4 Å². The van der Waals surface area contributed by atoms with Gasteiger partial charge in [0.2, 0.25) is 0 Å². The molecule has 0 aromatic heterocycles. The summed E-state index contributed by atoms with van der Waals surface area (Å²) in [6.45, 7) is 6.23. The van der Waals surface area contributed by atoms with Gasteiger partial charge in [0.25, 0.3) is 0 Å². The molecule has 0 bridgehead atoms. The van der Waals surface area contributed by atoms with Gasteiger partial charge in [0.15, 0.2) is 28.9 Å². The third kappa shape index (κ3) is 13.3. The zero-order chi connectivity index (χ0) is 65.3. The molecule has 0 amide bonds.